The summed E-state index contributed by atoms with van der Waals surface area (Å²) in [5.41, 5.74) is 0. The zero-order valence-corrected chi connectivity index (χ0v) is 10.2. The normalized spacial score (nSPS) is 25.8. The van der Waals surface area contributed by atoms with E-state index in [9.17, 15) is 0 Å². The highest BCUT2D eigenvalue weighted by Crippen LogP contribution is 2.16. The Morgan fingerprint density at radius 2 is 1.93 bits per heavy atom. The zero-order chi connectivity index (χ0) is 10.7. The molecule has 3 nitrogen and oxygen atoms in total. The van der Waals surface area contributed by atoms with Gasteiger partial charge in [-0.1, -0.05) is 0 Å². The summed E-state index contributed by atoms with van der Waals surface area (Å²) in [6.07, 6.45) is 4.10. The van der Waals surface area contributed by atoms with Gasteiger partial charge in [0.15, 0.2) is 0 Å². The number of nitrogens with zero attached hydrogens (tertiary/aromatic N) is 2. The van der Waals surface area contributed by atoms with Crippen LogP contribution in [-0.4, -0.2) is 62.7 Å². The lowest BCUT2D eigenvalue weighted by atomic mass is 9.98. The molecule has 0 spiro atoms. The molecule has 3 heteroatoms. The van der Waals surface area contributed by atoms with Crippen LogP contribution in [0.2, 0.25) is 0 Å². The van der Waals surface area contributed by atoms with Gasteiger partial charge in [0.1, 0.15) is 0 Å². The second kappa shape index (κ2) is 5.28. The van der Waals surface area contributed by atoms with Gasteiger partial charge in [-0.25, -0.2) is 0 Å². The van der Waals surface area contributed by atoms with Crippen molar-refractivity contribution >= 4 is 0 Å². The summed E-state index contributed by atoms with van der Waals surface area (Å²) in [4.78, 5) is 5.03. The molecule has 0 amide bonds. The maximum absolute atomic E-state index is 3.35. The Hall–Kier alpha value is -0.120. The minimum absolute atomic E-state index is 0.842. The van der Waals surface area contributed by atoms with Crippen LogP contribution in [0.4, 0.5) is 0 Å². The molecule has 2 saturated heterocycles. The van der Waals surface area contributed by atoms with Gasteiger partial charge in [-0.15, -0.1) is 0 Å². The fraction of sp³-hybridized carbons (Fsp3) is 1.00. The largest absolute Gasteiger partial charge is 0.316 e. The number of piperidine rings is 1. The van der Waals surface area contributed by atoms with E-state index in [1.807, 2.05) is 0 Å². The lowest BCUT2D eigenvalue weighted by Crippen LogP contribution is -2.46. The predicted molar refractivity (Wildman–Crippen MR) is 64.1 cm³/mol. The van der Waals surface area contributed by atoms with Crippen molar-refractivity contribution in [1.29, 1.82) is 0 Å². The Bertz CT molecular complexity index is 183. The van der Waals surface area contributed by atoms with Crippen LogP contribution in [0.15, 0.2) is 0 Å². The molecular weight excluding hydrogens is 186 g/mol. The van der Waals surface area contributed by atoms with E-state index in [1.54, 1.807) is 0 Å². The molecule has 2 aliphatic heterocycles. The van der Waals surface area contributed by atoms with Gasteiger partial charge in [0.25, 0.3) is 0 Å². The second-order valence-electron chi connectivity index (χ2n) is 5.33. The molecule has 0 saturated carbocycles. The molecule has 2 fully saturated rings. The van der Waals surface area contributed by atoms with Crippen LogP contribution in [0, 0.1) is 5.92 Å². The van der Waals surface area contributed by atoms with E-state index in [-0.39, 0.29) is 0 Å². The van der Waals surface area contributed by atoms with Gasteiger partial charge in [-0.3, -0.25) is 0 Å². The summed E-state index contributed by atoms with van der Waals surface area (Å²) < 4.78 is 0. The third-order valence-corrected chi connectivity index (χ3v) is 4.07. The van der Waals surface area contributed by atoms with Crippen molar-refractivity contribution in [2.45, 2.75) is 25.3 Å². The van der Waals surface area contributed by atoms with E-state index in [4.69, 9.17) is 0 Å². The molecule has 0 aliphatic carbocycles. The highest BCUT2D eigenvalue weighted by atomic mass is 15.2. The van der Waals surface area contributed by atoms with Crippen LogP contribution in [0.1, 0.15) is 19.3 Å². The van der Waals surface area contributed by atoms with Crippen LogP contribution in [0.3, 0.4) is 0 Å². The summed E-state index contributed by atoms with van der Waals surface area (Å²) in [5.74, 6) is 0.957. The van der Waals surface area contributed by atoms with E-state index < -0.39 is 0 Å². The first-order chi connectivity index (χ1) is 7.25. The second-order valence-corrected chi connectivity index (χ2v) is 5.33. The quantitative estimate of drug-likeness (QED) is 0.735. The van der Waals surface area contributed by atoms with Crippen molar-refractivity contribution in [2.75, 3.05) is 46.8 Å². The molecule has 0 unspecified atom stereocenters. The fourth-order valence-electron chi connectivity index (χ4n) is 2.56. The van der Waals surface area contributed by atoms with Crippen LogP contribution in [0.5, 0.6) is 0 Å². The Balaban J connectivity index is 1.63. The number of rotatable bonds is 4. The minimum atomic E-state index is 0.842. The van der Waals surface area contributed by atoms with Gasteiger partial charge in [0, 0.05) is 6.04 Å². The standard InChI is InChI=1S/C12H25N3/c1-14-6-4-12(5-7-14)15(2)8-3-11-9-13-10-11/h11-13H,3-10H2,1-2H3. The molecule has 15 heavy (non-hydrogen) atoms. The summed E-state index contributed by atoms with van der Waals surface area (Å²) in [6.45, 7) is 6.35. The topological polar surface area (TPSA) is 18.5 Å². The lowest BCUT2D eigenvalue weighted by molar-refractivity contribution is 0.133. The SMILES string of the molecule is CN1CCC(N(C)CCC2CNC2)CC1. The predicted octanol–water partition coefficient (Wildman–Crippen LogP) is 0.622. The maximum atomic E-state index is 3.35. The van der Waals surface area contributed by atoms with Crippen LogP contribution in [-0.2, 0) is 0 Å². The number of likely N-dealkylation sites (tertiary alicyclic amines) is 1. The first kappa shape index (κ1) is 11.4. The average Bonchev–Trinajstić information content (AvgIpc) is 2.16. The molecule has 0 atom stereocenters. The number of hydrogen-bond acceptors (Lipinski definition) is 3. The number of nitrogens with one attached hydrogen (secondary N) is 1. The molecule has 2 heterocycles. The van der Waals surface area contributed by atoms with Gasteiger partial charge in [0.05, 0.1) is 0 Å². The van der Waals surface area contributed by atoms with Crippen molar-refractivity contribution in [1.82, 2.24) is 15.1 Å². The van der Waals surface area contributed by atoms with Gasteiger partial charge < -0.3 is 15.1 Å². The molecular formula is C12H25N3. The lowest BCUT2D eigenvalue weighted by Gasteiger charge is -2.36. The third-order valence-electron chi connectivity index (χ3n) is 4.07. The van der Waals surface area contributed by atoms with Gasteiger partial charge >= 0.3 is 0 Å². The molecule has 0 radical (unpaired) electrons. The number of hydrogen-bond donors (Lipinski definition) is 1. The Kier molecular flexibility index (Phi) is 4.00. The summed E-state index contributed by atoms with van der Waals surface area (Å²) in [7, 11) is 4.54. The monoisotopic (exact) mass is 211 g/mol. The van der Waals surface area contributed by atoms with E-state index >= 15 is 0 Å². The van der Waals surface area contributed by atoms with Crippen molar-refractivity contribution in [3.05, 3.63) is 0 Å². The van der Waals surface area contributed by atoms with E-state index in [0.29, 0.717) is 0 Å². The first-order valence-electron chi connectivity index (χ1n) is 6.35. The van der Waals surface area contributed by atoms with E-state index in [2.05, 4.69) is 29.2 Å². The summed E-state index contributed by atoms with van der Waals surface area (Å²) >= 11 is 0. The summed E-state index contributed by atoms with van der Waals surface area (Å²) in [6, 6.07) is 0.842. The highest BCUT2D eigenvalue weighted by molar-refractivity contribution is 4.79. The fourth-order valence-corrected chi connectivity index (χ4v) is 2.56. The first-order valence-corrected chi connectivity index (χ1v) is 6.35. The molecule has 0 bridgehead atoms. The van der Waals surface area contributed by atoms with Gasteiger partial charge in [0.2, 0.25) is 0 Å². The van der Waals surface area contributed by atoms with Gasteiger partial charge in [-0.05, 0) is 72.0 Å². The van der Waals surface area contributed by atoms with Crippen LogP contribution < -0.4 is 5.32 Å². The van der Waals surface area contributed by atoms with Gasteiger partial charge in [-0.2, -0.15) is 0 Å². The molecule has 88 valence electrons. The Labute approximate surface area is 93.8 Å². The molecule has 0 aromatic rings. The Morgan fingerprint density at radius 3 is 2.47 bits per heavy atom. The average molecular weight is 211 g/mol. The van der Waals surface area contributed by atoms with Crippen molar-refractivity contribution in [3.63, 3.8) is 0 Å². The zero-order valence-electron chi connectivity index (χ0n) is 10.2. The van der Waals surface area contributed by atoms with Crippen molar-refractivity contribution in [2.24, 2.45) is 5.92 Å². The molecule has 0 aromatic heterocycles. The van der Waals surface area contributed by atoms with E-state index in [0.717, 1.165) is 12.0 Å². The maximum Gasteiger partial charge on any atom is 0.0117 e. The third kappa shape index (κ3) is 3.16. The Morgan fingerprint density at radius 1 is 1.27 bits per heavy atom. The van der Waals surface area contributed by atoms with Crippen molar-refractivity contribution in [3.8, 4) is 0 Å². The molecule has 1 N–H and O–H groups in total. The van der Waals surface area contributed by atoms with E-state index in [1.165, 1.54) is 52.0 Å². The molecule has 2 aliphatic rings. The van der Waals surface area contributed by atoms with Crippen molar-refractivity contribution < 1.29 is 0 Å². The molecule has 0 aromatic carbocycles. The minimum Gasteiger partial charge on any atom is -0.316 e. The highest BCUT2D eigenvalue weighted by Gasteiger charge is 2.22. The van der Waals surface area contributed by atoms with Crippen LogP contribution >= 0.6 is 0 Å². The molecule has 2 rings (SSSR count). The van der Waals surface area contributed by atoms with Crippen LogP contribution in [0.25, 0.3) is 0 Å². The smallest absolute Gasteiger partial charge is 0.0117 e. The summed E-state index contributed by atoms with van der Waals surface area (Å²) in [5, 5.41) is 3.35.